The first kappa shape index (κ1) is 22.1. The molecule has 3 aromatic carbocycles. The van der Waals surface area contributed by atoms with E-state index in [9.17, 15) is 13.2 Å². The van der Waals surface area contributed by atoms with Crippen LogP contribution < -0.4 is 10.2 Å². The fraction of sp³-hybridized carbons (Fsp3) is 0.200. The number of carbonyl (C=O) groups is 1. The molecule has 0 unspecified atom stereocenters. The van der Waals surface area contributed by atoms with E-state index in [1.54, 1.807) is 0 Å². The summed E-state index contributed by atoms with van der Waals surface area (Å²) < 4.78 is 30.5. The zero-order valence-corrected chi connectivity index (χ0v) is 19.5. The number of hydrogen-bond acceptors (Lipinski definition) is 6. The molecule has 0 spiro atoms. The van der Waals surface area contributed by atoms with Gasteiger partial charge in [-0.2, -0.15) is 4.31 Å². The van der Waals surface area contributed by atoms with E-state index in [0.29, 0.717) is 37.6 Å². The standard InChI is InChI=1S/C25H24N4O4S/c1-34(31,32)29-14-12-28(13-15-29)22-10-8-21(9-11-22)27-25(30)23-24(33-17-26-23)20-7-6-18-4-2-3-5-19(18)16-20/h2-11,16-17H,12-15H2,1H3,(H,27,30). The predicted molar refractivity (Wildman–Crippen MR) is 132 cm³/mol. The molecule has 4 aromatic rings. The van der Waals surface area contributed by atoms with Gasteiger partial charge in [-0.1, -0.05) is 36.4 Å². The van der Waals surface area contributed by atoms with Gasteiger partial charge in [0.25, 0.3) is 5.91 Å². The van der Waals surface area contributed by atoms with Crippen LogP contribution in [-0.2, 0) is 10.0 Å². The summed E-state index contributed by atoms with van der Waals surface area (Å²) in [5.41, 5.74) is 2.61. The van der Waals surface area contributed by atoms with Crippen molar-refractivity contribution in [3.63, 3.8) is 0 Å². The van der Waals surface area contributed by atoms with Crippen molar-refractivity contribution >= 4 is 38.1 Å². The van der Waals surface area contributed by atoms with Crippen molar-refractivity contribution in [3.8, 4) is 11.3 Å². The number of piperazine rings is 1. The lowest BCUT2D eigenvalue weighted by atomic mass is 10.0. The van der Waals surface area contributed by atoms with Crippen LogP contribution in [0.2, 0.25) is 0 Å². The first-order chi connectivity index (χ1) is 16.4. The zero-order valence-electron chi connectivity index (χ0n) is 18.6. The Bertz CT molecular complexity index is 1440. The van der Waals surface area contributed by atoms with Gasteiger partial charge in [-0.05, 0) is 41.1 Å². The molecule has 5 rings (SSSR count). The molecule has 0 radical (unpaired) electrons. The van der Waals surface area contributed by atoms with Crippen molar-refractivity contribution in [1.82, 2.24) is 9.29 Å². The summed E-state index contributed by atoms with van der Waals surface area (Å²) in [4.78, 5) is 19.2. The number of anilines is 2. The minimum absolute atomic E-state index is 0.219. The number of carbonyl (C=O) groups excluding carboxylic acids is 1. The van der Waals surface area contributed by atoms with Gasteiger partial charge in [-0.3, -0.25) is 4.79 Å². The van der Waals surface area contributed by atoms with Crippen LogP contribution in [0.4, 0.5) is 11.4 Å². The van der Waals surface area contributed by atoms with Gasteiger partial charge in [0, 0.05) is 43.1 Å². The van der Waals surface area contributed by atoms with Crippen LogP contribution in [0.25, 0.3) is 22.1 Å². The van der Waals surface area contributed by atoms with E-state index in [2.05, 4.69) is 15.2 Å². The first-order valence-corrected chi connectivity index (χ1v) is 12.8. The van der Waals surface area contributed by atoms with Gasteiger partial charge in [0.05, 0.1) is 6.26 Å². The normalized spacial score (nSPS) is 14.9. The van der Waals surface area contributed by atoms with Gasteiger partial charge in [0.1, 0.15) is 0 Å². The molecule has 0 atom stereocenters. The Labute approximate surface area is 197 Å². The smallest absolute Gasteiger partial charge is 0.278 e. The van der Waals surface area contributed by atoms with E-state index >= 15 is 0 Å². The number of benzene rings is 3. The average molecular weight is 477 g/mol. The maximum absolute atomic E-state index is 12.9. The molecule has 1 fully saturated rings. The molecule has 1 N–H and O–H groups in total. The van der Waals surface area contributed by atoms with Crippen LogP contribution in [0.1, 0.15) is 10.5 Å². The molecule has 1 aliphatic rings. The number of oxazole rings is 1. The lowest BCUT2D eigenvalue weighted by Crippen LogP contribution is -2.48. The van der Waals surface area contributed by atoms with Crippen molar-refractivity contribution in [1.29, 1.82) is 0 Å². The van der Waals surface area contributed by atoms with Crippen molar-refractivity contribution in [2.75, 3.05) is 42.7 Å². The average Bonchev–Trinajstić information content (AvgIpc) is 3.34. The third kappa shape index (κ3) is 4.52. The molecule has 8 nitrogen and oxygen atoms in total. The van der Waals surface area contributed by atoms with E-state index in [0.717, 1.165) is 22.0 Å². The van der Waals surface area contributed by atoms with E-state index < -0.39 is 10.0 Å². The summed E-state index contributed by atoms with van der Waals surface area (Å²) in [6, 6.07) is 21.4. The molecule has 1 aromatic heterocycles. The van der Waals surface area contributed by atoms with E-state index in [1.165, 1.54) is 17.0 Å². The highest BCUT2D eigenvalue weighted by atomic mass is 32.2. The molecule has 1 aliphatic heterocycles. The quantitative estimate of drug-likeness (QED) is 0.470. The molecular weight excluding hydrogens is 452 g/mol. The SMILES string of the molecule is CS(=O)(=O)N1CCN(c2ccc(NC(=O)c3ncoc3-c3ccc4ccccc4c3)cc2)CC1. The molecule has 34 heavy (non-hydrogen) atoms. The fourth-order valence-electron chi connectivity index (χ4n) is 4.17. The molecule has 1 amide bonds. The highest BCUT2D eigenvalue weighted by Gasteiger charge is 2.24. The van der Waals surface area contributed by atoms with E-state index in [1.807, 2.05) is 66.7 Å². The van der Waals surface area contributed by atoms with Crippen molar-refractivity contribution in [2.24, 2.45) is 0 Å². The second-order valence-corrected chi connectivity index (χ2v) is 10.2. The number of sulfonamides is 1. The summed E-state index contributed by atoms with van der Waals surface area (Å²) in [5, 5.41) is 5.04. The van der Waals surface area contributed by atoms with Gasteiger partial charge in [-0.25, -0.2) is 13.4 Å². The van der Waals surface area contributed by atoms with Crippen molar-refractivity contribution in [2.45, 2.75) is 0 Å². The molecule has 174 valence electrons. The Balaban J connectivity index is 1.28. The topological polar surface area (TPSA) is 95.8 Å². The Morgan fingerprint density at radius 3 is 2.35 bits per heavy atom. The minimum Gasteiger partial charge on any atom is -0.443 e. The molecule has 2 heterocycles. The molecule has 0 saturated carbocycles. The number of nitrogens with zero attached hydrogens (tertiary/aromatic N) is 3. The van der Waals surface area contributed by atoms with E-state index in [-0.39, 0.29) is 11.6 Å². The Kier molecular flexibility index (Phi) is 5.80. The number of rotatable bonds is 5. The monoisotopic (exact) mass is 476 g/mol. The number of nitrogens with one attached hydrogen (secondary N) is 1. The van der Waals surface area contributed by atoms with Crippen LogP contribution >= 0.6 is 0 Å². The second-order valence-electron chi connectivity index (χ2n) is 8.24. The molecule has 1 saturated heterocycles. The summed E-state index contributed by atoms with van der Waals surface area (Å²) >= 11 is 0. The van der Waals surface area contributed by atoms with Crippen LogP contribution in [-0.4, -0.2) is 56.0 Å². The molecule has 9 heteroatoms. The van der Waals surface area contributed by atoms with Gasteiger partial charge in [0.15, 0.2) is 17.8 Å². The summed E-state index contributed by atoms with van der Waals surface area (Å²) in [7, 11) is -3.16. The van der Waals surface area contributed by atoms with Gasteiger partial charge in [-0.15, -0.1) is 0 Å². The predicted octanol–water partition coefficient (Wildman–Crippen LogP) is 3.83. The highest BCUT2D eigenvalue weighted by Crippen LogP contribution is 2.28. The highest BCUT2D eigenvalue weighted by molar-refractivity contribution is 7.88. The lowest BCUT2D eigenvalue weighted by molar-refractivity contribution is 0.102. The molecule has 0 bridgehead atoms. The lowest BCUT2D eigenvalue weighted by Gasteiger charge is -2.34. The Morgan fingerprint density at radius 2 is 1.65 bits per heavy atom. The van der Waals surface area contributed by atoms with E-state index in [4.69, 9.17) is 4.42 Å². The number of aromatic nitrogens is 1. The minimum atomic E-state index is -3.16. The van der Waals surface area contributed by atoms with Crippen LogP contribution in [0.3, 0.4) is 0 Å². The van der Waals surface area contributed by atoms with Gasteiger partial charge < -0.3 is 14.6 Å². The summed E-state index contributed by atoms with van der Waals surface area (Å²) in [5.74, 6) is 0.0649. The fourth-order valence-corrected chi connectivity index (χ4v) is 4.99. The number of hydrogen-bond donors (Lipinski definition) is 1. The third-order valence-corrected chi connectivity index (χ3v) is 7.30. The second kappa shape index (κ2) is 8.92. The summed E-state index contributed by atoms with van der Waals surface area (Å²) in [6.45, 7) is 2.15. The summed E-state index contributed by atoms with van der Waals surface area (Å²) in [6.07, 6.45) is 2.51. The molecule has 0 aliphatic carbocycles. The van der Waals surface area contributed by atoms with Gasteiger partial charge in [0.2, 0.25) is 10.0 Å². The van der Waals surface area contributed by atoms with Crippen LogP contribution in [0.15, 0.2) is 77.5 Å². The van der Waals surface area contributed by atoms with Crippen LogP contribution in [0, 0.1) is 0 Å². The third-order valence-electron chi connectivity index (χ3n) is 5.99. The maximum atomic E-state index is 12.9. The largest absolute Gasteiger partial charge is 0.443 e. The number of fused-ring (bicyclic) bond motifs is 1. The van der Waals surface area contributed by atoms with Crippen molar-refractivity contribution in [3.05, 3.63) is 78.8 Å². The Morgan fingerprint density at radius 1 is 0.941 bits per heavy atom. The van der Waals surface area contributed by atoms with Gasteiger partial charge >= 0.3 is 0 Å². The first-order valence-electron chi connectivity index (χ1n) is 10.9. The maximum Gasteiger partial charge on any atom is 0.278 e. The van der Waals surface area contributed by atoms with Crippen LogP contribution in [0.5, 0.6) is 0 Å². The zero-order chi connectivity index (χ0) is 23.7. The molecular formula is C25H24N4O4S. The Hall–Kier alpha value is -3.69. The number of amides is 1. The van der Waals surface area contributed by atoms with Crippen molar-refractivity contribution < 1.29 is 17.6 Å².